The largest absolute Gasteiger partial charge is 0.496 e. The van der Waals surface area contributed by atoms with Crippen LogP contribution in [0.25, 0.3) is 77.0 Å². The summed E-state index contributed by atoms with van der Waals surface area (Å²) >= 11 is 0. The van der Waals surface area contributed by atoms with E-state index >= 15 is 0 Å². The fourth-order valence-corrected chi connectivity index (χ4v) is 12.0. The van der Waals surface area contributed by atoms with Crippen molar-refractivity contribution in [3.8, 4) is 116 Å². The van der Waals surface area contributed by atoms with Gasteiger partial charge < -0.3 is 28.1 Å². The molecule has 0 fully saturated rings. The zero-order valence-electron chi connectivity index (χ0n) is 51.1. The molecule has 0 saturated carbocycles. The number of para-hydroxylation sites is 2. The van der Waals surface area contributed by atoms with Gasteiger partial charge in [-0.05, 0) is 103 Å². The predicted octanol–water partition coefficient (Wildman–Crippen LogP) is 23.2. The van der Waals surface area contributed by atoms with Gasteiger partial charge in [-0.3, -0.25) is 0 Å². The van der Waals surface area contributed by atoms with E-state index in [4.69, 9.17) is 25.4 Å². The third kappa shape index (κ3) is 16.6. The van der Waals surface area contributed by atoms with Crippen LogP contribution in [0.4, 0.5) is 0 Å². The van der Waals surface area contributed by atoms with Crippen molar-refractivity contribution in [2.75, 3.05) is 20.8 Å². The minimum absolute atomic E-state index is 0. The van der Waals surface area contributed by atoms with Crippen LogP contribution in [0.1, 0.15) is 189 Å². The van der Waals surface area contributed by atoms with Crippen LogP contribution < -0.4 is 18.9 Å². The summed E-state index contributed by atoms with van der Waals surface area (Å²) in [6, 6.07) is 39.6. The summed E-state index contributed by atoms with van der Waals surface area (Å²) in [6.45, 7) is 9.23. The molecule has 454 valence electrons. The van der Waals surface area contributed by atoms with Crippen LogP contribution in [-0.4, -0.2) is 30.0 Å². The Morgan fingerprint density at radius 3 is 1.23 bits per heavy atom. The first-order valence-corrected chi connectivity index (χ1v) is 31.8. The van der Waals surface area contributed by atoms with E-state index < -0.39 is 0 Å². The molecule has 0 aliphatic carbocycles. The highest BCUT2D eigenvalue weighted by molar-refractivity contribution is 6.14. The molecule has 0 atom stereocenters. The first kappa shape index (κ1) is 62.0. The third-order valence-electron chi connectivity index (χ3n) is 16.4. The summed E-state index contributed by atoms with van der Waals surface area (Å²) < 4.78 is 30.8. The molecule has 8 rings (SSSR count). The van der Waals surface area contributed by atoms with Crippen molar-refractivity contribution in [2.24, 2.45) is 0 Å². The number of nitrogens with zero attached hydrogens (tertiary/aromatic N) is 2. The lowest BCUT2D eigenvalue weighted by Gasteiger charge is -2.17. The van der Waals surface area contributed by atoms with Gasteiger partial charge in [0.2, 0.25) is 0 Å². The van der Waals surface area contributed by atoms with Crippen molar-refractivity contribution in [1.29, 1.82) is 0 Å². The Bertz CT molecular complexity index is 3790. The van der Waals surface area contributed by atoms with Crippen LogP contribution in [-0.2, 0) is 13.1 Å². The van der Waals surface area contributed by atoms with Gasteiger partial charge in [0.1, 0.15) is 29.1 Å². The normalized spacial score (nSPS) is 10.9. The summed E-state index contributed by atoms with van der Waals surface area (Å²) in [6.07, 6.45) is 38.0. The molecule has 6 heteroatoms. The highest BCUT2D eigenvalue weighted by atomic mass is 16.5. The van der Waals surface area contributed by atoms with Crippen molar-refractivity contribution in [3.05, 3.63) is 109 Å². The van der Waals surface area contributed by atoms with Crippen LogP contribution in [0.15, 0.2) is 109 Å². The molecule has 0 amide bonds. The Hall–Kier alpha value is -8.08. The van der Waals surface area contributed by atoms with Crippen LogP contribution in [0.3, 0.4) is 0 Å². The Morgan fingerprint density at radius 2 is 0.762 bits per heavy atom. The van der Waals surface area contributed by atoms with Crippen molar-refractivity contribution in [2.45, 2.75) is 188 Å². The zero-order valence-corrected chi connectivity index (χ0v) is 51.1. The minimum atomic E-state index is 0. The second kappa shape index (κ2) is 33.9. The van der Waals surface area contributed by atoms with Crippen molar-refractivity contribution in [3.63, 3.8) is 0 Å². The maximum atomic E-state index is 7.17. The molecule has 0 saturated heterocycles. The molecule has 0 radical (unpaired) electrons. The van der Waals surface area contributed by atoms with Gasteiger partial charge in [0, 0.05) is 118 Å². The fourth-order valence-electron chi connectivity index (χ4n) is 12.0. The van der Waals surface area contributed by atoms with E-state index in [0.29, 0.717) is 12.4 Å². The standard InChI is InChI=1S/C78H88N2O4.10H2/c1-7-11-15-19-23-27-31-39-51-79-71-49-47-61(63-43-35-37-45-75(63)81-5)55-65(71)67-57-69(77(59-73(67)79)83-53-41-33-29-25-21-17-13-9-3)70-58-68-66-56-62(64-44-36-38-46-76(64)82-6)48-50-72(66)80(52-40-32-28-24-20-16-12-8-2)74(68)60-78(70)84-54-42-34-30-26-22-18-14-10-4;;;;;;;;;;/h3,35-38,43-50,55-60H,7-8,10-12,14-16,18-20,22-24,26-28,30-32,34,39-40,42,51-52,54H2,1-2,4-6H3;10*1H. The molecular formula is C78H108N2O4. The van der Waals surface area contributed by atoms with Gasteiger partial charge in [0.25, 0.3) is 0 Å². The van der Waals surface area contributed by atoms with Crippen molar-refractivity contribution < 1.29 is 33.2 Å². The Kier molecular flexibility index (Phi) is 25.0. The first-order valence-electron chi connectivity index (χ1n) is 31.8. The highest BCUT2D eigenvalue weighted by Crippen LogP contribution is 2.47. The number of methoxy groups -OCH3 is 2. The molecule has 0 aliphatic heterocycles. The lowest BCUT2D eigenvalue weighted by atomic mass is 9.96. The molecule has 0 spiro atoms. The average Bonchev–Trinajstić information content (AvgIpc) is 1.57. The summed E-state index contributed by atoms with van der Waals surface area (Å²) in [5, 5.41) is 4.62. The lowest BCUT2D eigenvalue weighted by Crippen LogP contribution is -2.02. The van der Waals surface area contributed by atoms with Crippen LogP contribution in [0.5, 0.6) is 23.0 Å². The number of unbranched alkanes of at least 4 members (excludes halogenated alkanes) is 21. The molecule has 2 heterocycles. The molecular weight excluding hydrogens is 1030 g/mol. The molecule has 0 unspecified atom stereocenters. The van der Waals surface area contributed by atoms with Gasteiger partial charge in [0.15, 0.2) is 0 Å². The smallest absolute Gasteiger partial charge is 0.150 e. The molecule has 2 aromatic heterocycles. The average molecular weight is 1140 g/mol. The van der Waals surface area contributed by atoms with Gasteiger partial charge >= 0.3 is 0 Å². The molecule has 0 N–H and O–H groups in total. The van der Waals surface area contributed by atoms with E-state index in [2.05, 4.69) is 168 Å². The van der Waals surface area contributed by atoms with Crippen molar-refractivity contribution in [1.82, 2.24) is 9.13 Å². The highest BCUT2D eigenvalue weighted by Gasteiger charge is 2.23. The predicted molar refractivity (Wildman–Crippen MR) is 377 cm³/mol. The monoisotopic (exact) mass is 1140 g/mol. The van der Waals surface area contributed by atoms with Gasteiger partial charge in [0.05, 0.1) is 31.9 Å². The van der Waals surface area contributed by atoms with E-state index in [0.717, 1.165) is 117 Å². The van der Waals surface area contributed by atoms with Crippen molar-refractivity contribution >= 4 is 43.6 Å². The van der Waals surface area contributed by atoms with Gasteiger partial charge in [-0.15, -0.1) is 6.42 Å². The van der Waals surface area contributed by atoms with E-state index in [1.165, 1.54) is 145 Å². The number of aromatic nitrogens is 2. The summed E-state index contributed by atoms with van der Waals surface area (Å²) in [5.41, 5.74) is 10.8. The SMILES string of the molecule is C#CC#CC#CC#CC#COc1cc2c(cc1-c1cc3c4cc(-c5ccccc5OC)ccc4n(CCCCCCCCCC)c3cc1OCCCCCCCCCC)c1cc(-c3ccccc3OC)ccc1n2CCCCCCCCCC.[HH].[HH].[HH].[HH].[HH].[HH].[HH].[HH].[HH].[HH]. The van der Waals surface area contributed by atoms with Crippen LogP contribution >= 0.6 is 0 Å². The minimum Gasteiger partial charge on any atom is -0.496 e. The number of hydrogen-bond donors (Lipinski definition) is 0. The van der Waals surface area contributed by atoms with Gasteiger partial charge in [-0.25, -0.2) is 0 Å². The number of aryl methyl sites for hydroxylation is 2. The second-order valence-corrected chi connectivity index (χ2v) is 22.4. The summed E-state index contributed by atoms with van der Waals surface area (Å²) in [4.78, 5) is 0. The fraction of sp³-hybridized carbons (Fsp3) is 0.410. The lowest BCUT2D eigenvalue weighted by molar-refractivity contribution is 0.305. The maximum Gasteiger partial charge on any atom is 0.150 e. The van der Waals surface area contributed by atoms with E-state index in [1.807, 2.05) is 24.3 Å². The Balaban J connectivity index is -0.00000828. The molecule has 8 aromatic rings. The molecule has 84 heavy (non-hydrogen) atoms. The van der Waals surface area contributed by atoms with Crippen LogP contribution in [0.2, 0.25) is 0 Å². The van der Waals surface area contributed by atoms with E-state index in [-0.39, 0.29) is 14.3 Å². The van der Waals surface area contributed by atoms with Gasteiger partial charge in [-0.2, -0.15) is 0 Å². The molecule has 0 aliphatic rings. The number of ether oxygens (including phenoxy) is 4. The number of fused-ring (bicyclic) bond motifs is 6. The summed E-state index contributed by atoms with van der Waals surface area (Å²) in [7, 11) is 3.50. The molecule has 6 nitrogen and oxygen atoms in total. The Morgan fingerprint density at radius 1 is 0.369 bits per heavy atom. The number of benzene rings is 6. The van der Waals surface area contributed by atoms with Crippen LogP contribution in [0, 0.1) is 59.9 Å². The molecule has 6 aromatic carbocycles. The third-order valence-corrected chi connectivity index (χ3v) is 16.4. The number of hydrogen-bond acceptors (Lipinski definition) is 4. The van der Waals surface area contributed by atoms with Gasteiger partial charge in [-0.1, -0.05) is 204 Å². The number of terminal acetylenes is 1. The Labute approximate surface area is 518 Å². The topological polar surface area (TPSA) is 46.8 Å². The molecule has 0 bridgehead atoms. The number of rotatable bonds is 34. The zero-order chi connectivity index (χ0) is 58.6. The quantitative estimate of drug-likeness (QED) is 0.0298. The maximum absolute atomic E-state index is 7.17. The summed E-state index contributed by atoms with van der Waals surface area (Å²) in [5.74, 6) is 24.5. The first-order chi connectivity index (χ1) is 41.5. The second-order valence-electron chi connectivity index (χ2n) is 22.4. The van der Waals surface area contributed by atoms with E-state index in [1.54, 1.807) is 14.2 Å². The van der Waals surface area contributed by atoms with E-state index in [9.17, 15) is 0 Å².